The second-order valence-electron chi connectivity index (χ2n) is 9.62. The second-order valence-corrected chi connectivity index (χ2v) is 9.62. The third kappa shape index (κ3) is 4.90. The fourth-order valence-electron chi connectivity index (χ4n) is 4.49. The van der Waals surface area contributed by atoms with Gasteiger partial charge in [-0.25, -0.2) is 4.98 Å². The standard InChI is InChI=1S/C26H34N4O2/c1-26(2,3)28-25-24(27-22-11-7-8-16-30(22)25)20-14-17-29(18-15-20)23(31)13-12-19-9-5-6-10-21(19)32-4/h5-11,16,20,28H,12-15,17-18H2,1-4H3. The normalized spacial score (nSPS) is 15.2. The van der Waals surface area contributed by atoms with E-state index in [4.69, 9.17) is 9.72 Å². The molecule has 0 spiro atoms. The Morgan fingerprint density at radius 1 is 1.12 bits per heavy atom. The molecule has 3 heterocycles. The van der Waals surface area contributed by atoms with Gasteiger partial charge in [0.2, 0.25) is 5.91 Å². The lowest BCUT2D eigenvalue weighted by Gasteiger charge is -2.32. The number of rotatable bonds is 6. The summed E-state index contributed by atoms with van der Waals surface area (Å²) in [6.45, 7) is 8.06. The summed E-state index contributed by atoms with van der Waals surface area (Å²) in [6.07, 6.45) is 5.15. The van der Waals surface area contributed by atoms with Gasteiger partial charge in [-0.2, -0.15) is 0 Å². The highest BCUT2D eigenvalue weighted by Crippen LogP contribution is 2.34. The van der Waals surface area contributed by atoms with E-state index >= 15 is 0 Å². The summed E-state index contributed by atoms with van der Waals surface area (Å²) in [7, 11) is 1.67. The molecule has 0 aliphatic carbocycles. The number of piperidine rings is 1. The number of carbonyl (C=O) groups excluding carboxylic acids is 1. The number of amides is 1. The van der Waals surface area contributed by atoms with Gasteiger partial charge in [-0.05, 0) is 63.8 Å². The first-order valence-electron chi connectivity index (χ1n) is 11.5. The van der Waals surface area contributed by atoms with Gasteiger partial charge in [0.15, 0.2) is 0 Å². The van der Waals surface area contributed by atoms with E-state index in [1.54, 1.807) is 7.11 Å². The van der Waals surface area contributed by atoms with E-state index < -0.39 is 0 Å². The van der Waals surface area contributed by atoms with E-state index in [1.807, 2.05) is 47.4 Å². The summed E-state index contributed by atoms with van der Waals surface area (Å²) in [5, 5.41) is 3.66. The van der Waals surface area contributed by atoms with E-state index in [1.165, 1.54) is 0 Å². The largest absolute Gasteiger partial charge is 0.496 e. The molecule has 3 aromatic rings. The third-order valence-corrected chi connectivity index (χ3v) is 6.09. The lowest BCUT2D eigenvalue weighted by Crippen LogP contribution is -2.38. The number of fused-ring (bicyclic) bond motifs is 1. The SMILES string of the molecule is COc1ccccc1CCC(=O)N1CCC(c2nc3ccccn3c2NC(C)(C)C)CC1. The number of nitrogens with one attached hydrogen (secondary N) is 1. The van der Waals surface area contributed by atoms with Crippen molar-refractivity contribution in [2.75, 3.05) is 25.5 Å². The predicted molar refractivity (Wildman–Crippen MR) is 128 cm³/mol. The number of imidazole rings is 1. The molecule has 0 saturated carbocycles. The van der Waals surface area contributed by atoms with Crippen LogP contribution in [0.1, 0.15) is 57.2 Å². The van der Waals surface area contributed by atoms with Crippen LogP contribution in [0.4, 0.5) is 5.82 Å². The Balaban J connectivity index is 1.42. The monoisotopic (exact) mass is 434 g/mol. The summed E-state index contributed by atoms with van der Waals surface area (Å²) >= 11 is 0. The summed E-state index contributed by atoms with van der Waals surface area (Å²) < 4.78 is 7.56. The highest BCUT2D eigenvalue weighted by atomic mass is 16.5. The third-order valence-electron chi connectivity index (χ3n) is 6.09. The number of methoxy groups -OCH3 is 1. The number of nitrogens with zero attached hydrogens (tertiary/aromatic N) is 3. The van der Waals surface area contributed by atoms with E-state index in [-0.39, 0.29) is 11.4 Å². The molecule has 0 bridgehead atoms. The number of aromatic nitrogens is 2. The van der Waals surface area contributed by atoms with Crippen molar-refractivity contribution in [1.29, 1.82) is 0 Å². The Hall–Kier alpha value is -3.02. The average Bonchev–Trinajstić information content (AvgIpc) is 3.14. The number of anilines is 1. The molecule has 6 nitrogen and oxygen atoms in total. The van der Waals surface area contributed by atoms with Crippen molar-refractivity contribution in [2.24, 2.45) is 0 Å². The molecule has 1 amide bonds. The van der Waals surface area contributed by atoms with Crippen LogP contribution >= 0.6 is 0 Å². The maximum Gasteiger partial charge on any atom is 0.222 e. The van der Waals surface area contributed by atoms with Crippen molar-refractivity contribution in [1.82, 2.24) is 14.3 Å². The minimum absolute atomic E-state index is 0.0598. The van der Waals surface area contributed by atoms with Gasteiger partial charge >= 0.3 is 0 Å². The zero-order valence-electron chi connectivity index (χ0n) is 19.6. The van der Waals surface area contributed by atoms with Gasteiger partial charge in [0, 0.05) is 37.2 Å². The fourth-order valence-corrected chi connectivity index (χ4v) is 4.49. The highest BCUT2D eigenvalue weighted by molar-refractivity contribution is 5.76. The molecule has 1 aromatic carbocycles. The van der Waals surface area contributed by atoms with Crippen molar-refractivity contribution in [2.45, 2.75) is 57.9 Å². The summed E-state index contributed by atoms with van der Waals surface area (Å²) in [5.74, 6) is 2.49. The molecular weight excluding hydrogens is 400 g/mol. The van der Waals surface area contributed by atoms with Gasteiger partial charge in [0.05, 0.1) is 12.8 Å². The maximum atomic E-state index is 12.9. The Bertz CT molecular complexity index is 1070. The molecule has 170 valence electrons. The molecule has 0 atom stereocenters. The Morgan fingerprint density at radius 2 is 1.84 bits per heavy atom. The molecule has 32 heavy (non-hydrogen) atoms. The molecule has 0 radical (unpaired) electrons. The van der Waals surface area contributed by atoms with E-state index in [0.717, 1.165) is 54.4 Å². The molecule has 1 saturated heterocycles. The molecule has 4 rings (SSSR count). The maximum absolute atomic E-state index is 12.9. The Labute approximate surface area is 190 Å². The molecule has 2 aromatic heterocycles. The Kier molecular flexibility index (Phi) is 6.40. The molecule has 1 aliphatic heterocycles. The number of hydrogen-bond donors (Lipinski definition) is 1. The van der Waals surface area contributed by atoms with Gasteiger partial charge in [-0.1, -0.05) is 24.3 Å². The van der Waals surface area contributed by atoms with Crippen molar-refractivity contribution in [3.63, 3.8) is 0 Å². The number of ether oxygens (including phenoxy) is 1. The first kappa shape index (κ1) is 22.2. The Morgan fingerprint density at radius 3 is 2.56 bits per heavy atom. The molecular formula is C26H34N4O2. The van der Waals surface area contributed by atoms with Crippen molar-refractivity contribution in [3.8, 4) is 5.75 Å². The van der Waals surface area contributed by atoms with E-state index in [2.05, 4.69) is 36.7 Å². The van der Waals surface area contributed by atoms with Crippen LogP contribution in [0.15, 0.2) is 48.7 Å². The summed E-state index contributed by atoms with van der Waals surface area (Å²) in [5.41, 5.74) is 3.10. The van der Waals surface area contributed by atoms with Gasteiger partial charge in [0.1, 0.15) is 17.2 Å². The number of aryl methyl sites for hydroxylation is 1. The quantitative estimate of drug-likeness (QED) is 0.600. The van der Waals surface area contributed by atoms with Gasteiger partial charge in [-0.15, -0.1) is 0 Å². The topological polar surface area (TPSA) is 58.9 Å². The number of likely N-dealkylation sites (tertiary alicyclic amines) is 1. The van der Waals surface area contributed by atoms with Crippen LogP contribution in [0.25, 0.3) is 5.65 Å². The molecule has 1 fully saturated rings. The number of carbonyl (C=O) groups is 1. The fraction of sp³-hybridized carbons (Fsp3) is 0.462. The molecule has 0 unspecified atom stereocenters. The zero-order valence-corrected chi connectivity index (χ0v) is 19.6. The van der Waals surface area contributed by atoms with Gasteiger partial charge in [0.25, 0.3) is 0 Å². The lowest BCUT2D eigenvalue weighted by atomic mass is 9.92. The van der Waals surface area contributed by atoms with Crippen LogP contribution in [0.5, 0.6) is 5.75 Å². The second kappa shape index (κ2) is 9.23. The number of hydrogen-bond acceptors (Lipinski definition) is 4. The molecule has 6 heteroatoms. The van der Waals surface area contributed by atoms with E-state index in [0.29, 0.717) is 18.8 Å². The van der Waals surface area contributed by atoms with Crippen LogP contribution in [0, 0.1) is 0 Å². The molecule has 1 aliphatic rings. The number of para-hydroxylation sites is 1. The number of pyridine rings is 1. The molecule has 1 N–H and O–H groups in total. The van der Waals surface area contributed by atoms with Crippen LogP contribution < -0.4 is 10.1 Å². The first-order valence-corrected chi connectivity index (χ1v) is 11.5. The zero-order chi connectivity index (χ0) is 22.7. The van der Waals surface area contributed by atoms with Crippen molar-refractivity contribution in [3.05, 3.63) is 59.9 Å². The summed E-state index contributed by atoms with van der Waals surface area (Å²) in [4.78, 5) is 19.8. The van der Waals surface area contributed by atoms with Crippen LogP contribution in [-0.4, -0.2) is 45.9 Å². The van der Waals surface area contributed by atoms with E-state index in [9.17, 15) is 4.79 Å². The van der Waals surface area contributed by atoms with Crippen molar-refractivity contribution < 1.29 is 9.53 Å². The van der Waals surface area contributed by atoms with Crippen LogP contribution in [-0.2, 0) is 11.2 Å². The number of benzene rings is 1. The minimum atomic E-state index is -0.0598. The average molecular weight is 435 g/mol. The minimum Gasteiger partial charge on any atom is -0.496 e. The first-order chi connectivity index (χ1) is 15.4. The van der Waals surface area contributed by atoms with Crippen LogP contribution in [0.2, 0.25) is 0 Å². The van der Waals surface area contributed by atoms with Crippen LogP contribution in [0.3, 0.4) is 0 Å². The highest BCUT2D eigenvalue weighted by Gasteiger charge is 2.29. The summed E-state index contributed by atoms with van der Waals surface area (Å²) in [6, 6.07) is 14.0. The predicted octanol–water partition coefficient (Wildman–Crippen LogP) is 4.89. The smallest absolute Gasteiger partial charge is 0.222 e. The van der Waals surface area contributed by atoms with Gasteiger partial charge < -0.3 is 15.0 Å². The lowest BCUT2D eigenvalue weighted by molar-refractivity contribution is -0.132. The van der Waals surface area contributed by atoms with Gasteiger partial charge in [-0.3, -0.25) is 9.20 Å². The van der Waals surface area contributed by atoms with Crippen molar-refractivity contribution >= 4 is 17.4 Å².